The summed E-state index contributed by atoms with van der Waals surface area (Å²) in [5.74, 6) is -2.10. The molecule has 34 heavy (non-hydrogen) atoms. The van der Waals surface area contributed by atoms with Gasteiger partial charge in [-0.05, 0) is 52.7 Å². The van der Waals surface area contributed by atoms with Crippen molar-refractivity contribution >= 4 is 34.8 Å². The number of ether oxygens (including phenoxy) is 2. The predicted molar refractivity (Wildman–Crippen MR) is 124 cm³/mol. The minimum Gasteiger partial charge on any atom is -0.506 e. The summed E-state index contributed by atoms with van der Waals surface area (Å²) in [6, 6.07) is 0. The number of hydrogen-bond donors (Lipinski definition) is 2. The van der Waals surface area contributed by atoms with Crippen LogP contribution in [-0.4, -0.2) is 52.5 Å². The van der Waals surface area contributed by atoms with E-state index in [0.29, 0.717) is 33.8 Å². The van der Waals surface area contributed by atoms with Gasteiger partial charge in [-0.1, -0.05) is 6.58 Å². The second kappa shape index (κ2) is 9.09. The molecular formula is C25H26N2O7. The molecule has 0 unspecified atom stereocenters. The van der Waals surface area contributed by atoms with Gasteiger partial charge in [0.1, 0.15) is 19.0 Å². The van der Waals surface area contributed by atoms with Gasteiger partial charge < -0.3 is 19.6 Å². The molecule has 0 saturated heterocycles. The Bertz CT molecular complexity index is 1300. The maximum Gasteiger partial charge on any atom is 0.340 e. The molecule has 0 bridgehead atoms. The van der Waals surface area contributed by atoms with Crippen LogP contribution >= 0.6 is 0 Å². The SMILES string of the molecule is C=C(C)C(=O)OCCOC(=O)C1=C(C)/C(=C2\C(=O)C(c3[nH]c(C)c(C(C)=O)c3C)=C2O)N=C1C. The van der Waals surface area contributed by atoms with Crippen LogP contribution < -0.4 is 0 Å². The van der Waals surface area contributed by atoms with E-state index < -0.39 is 17.7 Å². The van der Waals surface area contributed by atoms with Crippen LogP contribution in [0.15, 0.2) is 45.3 Å². The Morgan fingerprint density at radius 3 is 2.18 bits per heavy atom. The normalized spacial score (nSPS) is 17.6. The fourth-order valence-corrected chi connectivity index (χ4v) is 4.09. The number of aromatic nitrogens is 1. The molecule has 0 amide bonds. The first-order valence-electron chi connectivity index (χ1n) is 10.6. The number of H-pyrrole nitrogens is 1. The molecular weight excluding hydrogens is 440 g/mol. The third kappa shape index (κ3) is 4.05. The van der Waals surface area contributed by atoms with E-state index in [2.05, 4.69) is 16.6 Å². The number of nitrogens with one attached hydrogen (secondary N) is 1. The Balaban J connectivity index is 1.87. The molecule has 2 heterocycles. The summed E-state index contributed by atoms with van der Waals surface area (Å²) in [5, 5.41) is 10.7. The van der Waals surface area contributed by atoms with Crippen LogP contribution in [0.5, 0.6) is 0 Å². The first-order chi connectivity index (χ1) is 15.9. The topological polar surface area (TPSA) is 135 Å². The zero-order valence-electron chi connectivity index (χ0n) is 20.0. The van der Waals surface area contributed by atoms with Crippen molar-refractivity contribution in [1.82, 2.24) is 4.98 Å². The number of rotatable bonds is 7. The summed E-state index contributed by atoms with van der Waals surface area (Å²) in [7, 11) is 0. The molecule has 0 spiro atoms. The molecule has 0 atom stereocenters. The third-order valence-corrected chi connectivity index (χ3v) is 5.68. The number of aromatic amines is 1. The fraction of sp³-hybridized carbons (Fsp3) is 0.320. The number of carbonyl (C=O) groups is 4. The smallest absolute Gasteiger partial charge is 0.340 e. The number of aryl methyl sites for hydroxylation is 1. The number of aliphatic hydroxyl groups excluding tert-OH is 1. The molecule has 9 heteroatoms. The zero-order chi connectivity index (χ0) is 25.5. The maximum atomic E-state index is 13.0. The number of carbonyl (C=O) groups excluding carboxylic acids is 4. The molecule has 1 aromatic rings. The molecule has 2 N–H and O–H groups in total. The van der Waals surface area contributed by atoms with Gasteiger partial charge in [-0.15, -0.1) is 0 Å². The van der Waals surface area contributed by atoms with Crippen LogP contribution in [0.25, 0.3) is 5.57 Å². The Morgan fingerprint density at radius 1 is 1.03 bits per heavy atom. The van der Waals surface area contributed by atoms with E-state index >= 15 is 0 Å². The first-order valence-corrected chi connectivity index (χ1v) is 10.6. The van der Waals surface area contributed by atoms with Gasteiger partial charge in [-0.3, -0.25) is 14.6 Å². The van der Waals surface area contributed by atoms with Crippen molar-refractivity contribution in [3.05, 3.63) is 62.8 Å². The van der Waals surface area contributed by atoms with Crippen molar-refractivity contribution in [2.45, 2.75) is 41.5 Å². The van der Waals surface area contributed by atoms with Crippen molar-refractivity contribution in [3.8, 4) is 0 Å². The van der Waals surface area contributed by atoms with E-state index in [0.717, 1.165) is 0 Å². The molecule has 0 saturated carbocycles. The van der Waals surface area contributed by atoms with Crippen molar-refractivity contribution in [2.75, 3.05) is 13.2 Å². The van der Waals surface area contributed by atoms with Gasteiger partial charge in [0.25, 0.3) is 0 Å². The second-order valence-corrected chi connectivity index (χ2v) is 8.21. The number of ketones is 2. The minimum atomic E-state index is -0.682. The van der Waals surface area contributed by atoms with Gasteiger partial charge in [0.05, 0.1) is 33.8 Å². The lowest BCUT2D eigenvalue weighted by Gasteiger charge is -2.22. The van der Waals surface area contributed by atoms with E-state index in [9.17, 15) is 24.3 Å². The summed E-state index contributed by atoms with van der Waals surface area (Å²) in [6.45, 7) is 12.8. The Hall–Kier alpha value is -4.01. The highest BCUT2D eigenvalue weighted by Gasteiger charge is 2.42. The molecule has 0 fully saturated rings. The minimum absolute atomic E-state index is 0.000987. The van der Waals surface area contributed by atoms with Crippen LogP contribution in [0, 0.1) is 13.8 Å². The number of esters is 2. The van der Waals surface area contributed by atoms with Crippen molar-refractivity contribution in [3.63, 3.8) is 0 Å². The molecule has 1 aliphatic carbocycles. The lowest BCUT2D eigenvalue weighted by atomic mass is 9.82. The van der Waals surface area contributed by atoms with Gasteiger partial charge in [0, 0.05) is 16.8 Å². The van der Waals surface area contributed by atoms with E-state index in [1.165, 1.54) is 13.8 Å². The first kappa shape index (κ1) is 24.6. The standard InChI is InChI=1S/C25H26N2O7/c1-10(2)24(31)33-8-9-34-25(32)17-12(4)21(27-14(17)6)19-22(29)18(23(19)30)20-11(3)16(15(7)28)13(5)26-20/h26,29H,1,8-9H2,2-7H3/b21-19+. The maximum absolute atomic E-state index is 13.0. The lowest BCUT2D eigenvalue weighted by molar-refractivity contribution is -0.147. The third-order valence-electron chi connectivity index (χ3n) is 5.68. The molecule has 1 aliphatic heterocycles. The second-order valence-electron chi connectivity index (χ2n) is 8.21. The average molecular weight is 466 g/mol. The van der Waals surface area contributed by atoms with Crippen LogP contribution in [-0.2, 0) is 23.9 Å². The Morgan fingerprint density at radius 2 is 1.65 bits per heavy atom. The highest BCUT2D eigenvalue weighted by Crippen LogP contribution is 2.43. The van der Waals surface area contributed by atoms with Crippen molar-refractivity contribution in [2.24, 2.45) is 4.99 Å². The van der Waals surface area contributed by atoms with Gasteiger partial charge in [0.15, 0.2) is 5.78 Å². The molecule has 0 aromatic carbocycles. The summed E-state index contributed by atoms with van der Waals surface area (Å²) in [5.41, 5.74) is 3.46. The number of allylic oxidation sites excluding steroid dienone is 3. The van der Waals surface area contributed by atoms with Gasteiger partial charge in [0.2, 0.25) is 5.78 Å². The lowest BCUT2D eigenvalue weighted by Crippen LogP contribution is -2.23. The average Bonchev–Trinajstić information content (AvgIpc) is 3.19. The highest BCUT2D eigenvalue weighted by atomic mass is 16.6. The molecule has 2 aliphatic rings. The quantitative estimate of drug-likeness (QED) is 0.272. The predicted octanol–water partition coefficient (Wildman–Crippen LogP) is 3.39. The largest absolute Gasteiger partial charge is 0.506 e. The molecule has 1 aromatic heterocycles. The van der Waals surface area contributed by atoms with Crippen molar-refractivity contribution < 1.29 is 33.8 Å². The highest BCUT2D eigenvalue weighted by molar-refractivity contribution is 6.40. The van der Waals surface area contributed by atoms with E-state index in [-0.39, 0.29) is 52.7 Å². The van der Waals surface area contributed by atoms with E-state index in [1.807, 2.05) is 0 Å². The zero-order valence-corrected chi connectivity index (χ0v) is 20.0. The van der Waals surface area contributed by atoms with E-state index in [4.69, 9.17) is 9.47 Å². The molecule has 9 nitrogen and oxygen atoms in total. The monoisotopic (exact) mass is 466 g/mol. The van der Waals surface area contributed by atoms with Gasteiger partial charge in [-0.2, -0.15) is 0 Å². The van der Waals surface area contributed by atoms with Crippen LogP contribution in [0.1, 0.15) is 55.0 Å². The van der Waals surface area contributed by atoms with Crippen LogP contribution in [0.2, 0.25) is 0 Å². The van der Waals surface area contributed by atoms with Crippen LogP contribution in [0.3, 0.4) is 0 Å². The van der Waals surface area contributed by atoms with Gasteiger partial charge in [-0.25, -0.2) is 9.59 Å². The molecule has 0 radical (unpaired) electrons. The van der Waals surface area contributed by atoms with Crippen LogP contribution in [0.4, 0.5) is 0 Å². The number of aliphatic imine (C=N–C) groups is 1. The summed E-state index contributed by atoms with van der Waals surface area (Å²) in [6.07, 6.45) is 0. The Kier molecular flexibility index (Phi) is 6.58. The molecule has 178 valence electrons. The summed E-state index contributed by atoms with van der Waals surface area (Å²) < 4.78 is 10.1. The summed E-state index contributed by atoms with van der Waals surface area (Å²) in [4.78, 5) is 56.2. The number of nitrogens with zero attached hydrogens (tertiary/aromatic N) is 1. The van der Waals surface area contributed by atoms with Crippen molar-refractivity contribution in [1.29, 1.82) is 0 Å². The Labute approximate surface area is 196 Å². The number of hydrogen-bond acceptors (Lipinski definition) is 8. The van der Waals surface area contributed by atoms with Gasteiger partial charge >= 0.3 is 11.9 Å². The van der Waals surface area contributed by atoms with E-state index in [1.54, 1.807) is 27.7 Å². The fourth-order valence-electron chi connectivity index (χ4n) is 4.09. The summed E-state index contributed by atoms with van der Waals surface area (Å²) >= 11 is 0. The number of Topliss-reactive ketones (excluding diaryl/α,β-unsaturated/α-hetero) is 2. The molecule has 3 rings (SSSR count). The number of aliphatic hydroxyl groups is 1.